The topological polar surface area (TPSA) is 89.2 Å². The first-order valence-corrected chi connectivity index (χ1v) is 10.4. The molecule has 2 aromatic carbocycles. The smallest absolute Gasteiger partial charge is 0.292 e. The quantitative estimate of drug-likeness (QED) is 0.653. The Morgan fingerprint density at radius 1 is 1.13 bits per heavy atom. The first kappa shape index (κ1) is 19.6. The average Bonchev–Trinajstić information content (AvgIpc) is 3.51. The summed E-state index contributed by atoms with van der Waals surface area (Å²) in [7, 11) is 0. The number of rotatable bonds is 5. The molecule has 1 saturated carbocycles. The van der Waals surface area contributed by atoms with E-state index in [0.717, 1.165) is 19.6 Å². The van der Waals surface area contributed by atoms with Gasteiger partial charge in [0.05, 0.1) is 35.8 Å². The third-order valence-electron chi connectivity index (χ3n) is 5.78. The summed E-state index contributed by atoms with van der Waals surface area (Å²) in [4.78, 5) is 12.8. The molecule has 1 aromatic heterocycles. The number of nitrogens with zero attached hydrogens (tertiary/aromatic N) is 3. The molecule has 1 aliphatic heterocycles. The Morgan fingerprint density at radius 3 is 2.48 bits per heavy atom. The van der Waals surface area contributed by atoms with Crippen LogP contribution in [-0.2, 0) is 4.74 Å². The van der Waals surface area contributed by atoms with Crippen molar-refractivity contribution >= 4 is 17.3 Å². The van der Waals surface area contributed by atoms with E-state index >= 15 is 0 Å². The Balaban J connectivity index is 1.31. The van der Waals surface area contributed by atoms with Crippen molar-refractivity contribution in [2.45, 2.75) is 12.5 Å². The molecule has 7 nitrogen and oxygen atoms in total. The molecule has 156 valence electrons. The second kappa shape index (κ2) is 8.06. The normalized spacial score (nSPS) is 21.6. The predicted molar refractivity (Wildman–Crippen MR) is 116 cm³/mol. The van der Waals surface area contributed by atoms with E-state index in [2.05, 4.69) is 16.5 Å². The van der Waals surface area contributed by atoms with Gasteiger partial charge in [-0.25, -0.2) is 0 Å². The Kier molecular flexibility index (Phi) is 5.10. The molecular weight excluding hydrogens is 416 g/mol. The summed E-state index contributed by atoms with van der Waals surface area (Å²) in [5, 5.41) is 16.6. The summed E-state index contributed by atoms with van der Waals surface area (Å²) >= 11 is 6.37. The lowest BCUT2D eigenvalue weighted by Crippen LogP contribution is -2.23. The highest BCUT2D eigenvalue weighted by molar-refractivity contribution is 6.33. The highest BCUT2D eigenvalue weighted by Gasteiger charge is 2.51. The van der Waals surface area contributed by atoms with Crippen LogP contribution in [-0.4, -0.2) is 29.0 Å². The fourth-order valence-electron chi connectivity index (χ4n) is 4.00. The Bertz CT molecular complexity index is 1190. The van der Waals surface area contributed by atoms with Crippen molar-refractivity contribution < 1.29 is 9.47 Å². The standard InChI is InChI=1S/C23H19ClN4O3/c24-21-20(27-22-18-9-10-30-13-19(18)22)12-26-28(23(21)29)15-3-7-17(8-4-15)31-16-5-1-14(11-25)2-6-16/h1-8,12,18-19,22,27H,9-10,13H2. The SMILES string of the molecule is N#Cc1ccc(Oc2ccc(-n3ncc(NC4C5CCOCC54)c(Cl)c3=O)cc2)cc1. The largest absolute Gasteiger partial charge is 0.457 e. The number of fused-ring (bicyclic) bond motifs is 1. The number of anilines is 1. The number of halogens is 1. The minimum absolute atomic E-state index is 0.123. The molecule has 1 saturated heterocycles. The molecule has 2 heterocycles. The van der Waals surface area contributed by atoms with Gasteiger partial charge in [-0.1, -0.05) is 11.6 Å². The maximum atomic E-state index is 12.8. The zero-order valence-electron chi connectivity index (χ0n) is 16.5. The van der Waals surface area contributed by atoms with Gasteiger partial charge in [-0.15, -0.1) is 0 Å². The third-order valence-corrected chi connectivity index (χ3v) is 6.14. The maximum absolute atomic E-state index is 12.8. The molecule has 8 heteroatoms. The lowest BCUT2D eigenvalue weighted by molar-refractivity contribution is 0.0888. The van der Waals surface area contributed by atoms with Crippen molar-refractivity contribution in [1.82, 2.24) is 9.78 Å². The van der Waals surface area contributed by atoms with Crippen molar-refractivity contribution in [2.24, 2.45) is 11.8 Å². The molecule has 0 spiro atoms. The van der Waals surface area contributed by atoms with Crippen molar-refractivity contribution in [3.63, 3.8) is 0 Å². The van der Waals surface area contributed by atoms with Gasteiger partial charge < -0.3 is 14.8 Å². The summed E-state index contributed by atoms with van der Waals surface area (Å²) in [5.74, 6) is 2.28. The van der Waals surface area contributed by atoms with E-state index < -0.39 is 0 Å². The molecule has 0 bridgehead atoms. The summed E-state index contributed by atoms with van der Waals surface area (Å²) in [6.07, 6.45) is 2.62. The number of ether oxygens (including phenoxy) is 2. The zero-order chi connectivity index (χ0) is 21.4. The average molecular weight is 435 g/mol. The lowest BCUT2D eigenvalue weighted by atomic mass is 10.2. The van der Waals surface area contributed by atoms with Gasteiger partial charge in [0.15, 0.2) is 0 Å². The van der Waals surface area contributed by atoms with E-state index in [-0.39, 0.29) is 16.6 Å². The van der Waals surface area contributed by atoms with E-state index in [4.69, 9.17) is 26.3 Å². The number of nitrogens with one attached hydrogen (secondary N) is 1. The molecular formula is C23H19ClN4O3. The van der Waals surface area contributed by atoms with E-state index in [1.165, 1.54) is 4.68 Å². The monoisotopic (exact) mass is 434 g/mol. The van der Waals surface area contributed by atoms with Crippen molar-refractivity contribution in [3.05, 3.63) is 75.7 Å². The second-order valence-corrected chi connectivity index (χ2v) is 8.06. The molecule has 0 amide bonds. The van der Waals surface area contributed by atoms with Crippen LogP contribution >= 0.6 is 11.6 Å². The molecule has 0 radical (unpaired) electrons. The van der Waals surface area contributed by atoms with Gasteiger partial charge in [0, 0.05) is 18.6 Å². The van der Waals surface area contributed by atoms with Gasteiger partial charge in [-0.05, 0) is 60.9 Å². The van der Waals surface area contributed by atoms with Crippen LogP contribution in [0.5, 0.6) is 11.5 Å². The molecule has 31 heavy (non-hydrogen) atoms. The Labute approximate surface area is 183 Å². The molecule has 3 atom stereocenters. The van der Waals surface area contributed by atoms with Gasteiger partial charge in [0.2, 0.25) is 0 Å². The third kappa shape index (κ3) is 3.88. The maximum Gasteiger partial charge on any atom is 0.292 e. The van der Waals surface area contributed by atoms with E-state index in [9.17, 15) is 4.79 Å². The minimum Gasteiger partial charge on any atom is -0.457 e. The highest BCUT2D eigenvalue weighted by atomic mass is 35.5. The molecule has 3 unspecified atom stereocenters. The van der Waals surface area contributed by atoms with Gasteiger partial charge in [-0.3, -0.25) is 4.79 Å². The van der Waals surface area contributed by atoms with E-state index in [1.807, 2.05) is 0 Å². The van der Waals surface area contributed by atoms with Crippen LogP contribution in [0.1, 0.15) is 12.0 Å². The zero-order valence-corrected chi connectivity index (χ0v) is 17.2. The number of aromatic nitrogens is 2. The van der Waals surface area contributed by atoms with Crippen LogP contribution in [0, 0.1) is 23.2 Å². The Hall–Kier alpha value is -3.34. The van der Waals surface area contributed by atoms with E-state index in [0.29, 0.717) is 40.3 Å². The van der Waals surface area contributed by atoms with Crippen molar-refractivity contribution in [1.29, 1.82) is 5.26 Å². The summed E-state index contributed by atoms with van der Waals surface area (Å²) in [6, 6.07) is 16.2. The van der Waals surface area contributed by atoms with Crippen LogP contribution in [0.25, 0.3) is 5.69 Å². The number of nitriles is 1. The molecule has 3 aromatic rings. The minimum atomic E-state index is -0.382. The van der Waals surface area contributed by atoms with Crippen molar-refractivity contribution in [2.75, 3.05) is 18.5 Å². The molecule has 5 rings (SSSR count). The van der Waals surface area contributed by atoms with Gasteiger partial charge in [-0.2, -0.15) is 15.0 Å². The van der Waals surface area contributed by atoms with E-state index in [1.54, 1.807) is 54.7 Å². The van der Waals surface area contributed by atoms with Crippen LogP contribution < -0.4 is 15.6 Å². The van der Waals surface area contributed by atoms with Gasteiger partial charge >= 0.3 is 0 Å². The van der Waals surface area contributed by atoms with Gasteiger partial charge in [0.25, 0.3) is 5.56 Å². The Morgan fingerprint density at radius 2 is 1.84 bits per heavy atom. The molecule has 2 aliphatic rings. The van der Waals surface area contributed by atoms with Gasteiger partial charge in [0.1, 0.15) is 16.5 Å². The summed E-state index contributed by atoms with van der Waals surface area (Å²) < 4.78 is 12.5. The first-order chi connectivity index (χ1) is 15.1. The fourth-order valence-corrected chi connectivity index (χ4v) is 4.19. The summed E-state index contributed by atoms with van der Waals surface area (Å²) in [6.45, 7) is 1.54. The van der Waals surface area contributed by atoms with Crippen LogP contribution in [0.4, 0.5) is 5.69 Å². The highest BCUT2D eigenvalue weighted by Crippen LogP contribution is 2.46. The van der Waals surface area contributed by atoms with Crippen LogP contribution in [0.3, 0.4) is 0 Å². The fraction of sp³-hybridized carbons (Fsp3) is 0.261. The molecule has 1 aliphatic carbocycles. The van der Waals surface area contributed by atoms with Crippen LogP contribution in [0.2, 0.25) is 5.02 Å². The number of hydrogen-bond acceptors (Lipinski definition) is 6. The predicted octanol–water partition coefficient (Wildman–Crippen LogP) is 4.00. The number of benzene rings is 2. The summed E-state index contributed by atoms with van der Waals surface area (Å²) in [5.41, 5.74) is 1.33. The first-order valence-electron chi connectivity index (χ1n) is 10.0. The lowest BCUT2D eigenvalue weighted by Gasteiger charge is -2.11. The molecule has 2 fully saturated rings. The second-order valence-electron chi connectivity index (χ2n) is 7.68. The number of hydrogen-bond donors (Lipinski definition) is 1. The molecule has 1 N–H and O–H groups in total. The van der Waals surface area contributed by atoms with Crippen molar-refractivity contribution in [3.8, 4) is 23.3 Å². The van der Waals surface area contributed by atoms with Crippen LogP contribution in [0.15, 0.2) is 59.5 Å².